The highest BCUT2D eigenvalue weighted by molar-refractivity contribution is 5.38. The first-order chi connectivity index (χ1) is 15.0. The Morgan fingerprint density at radius 1 is 1.03 bits per heavy atom. The van der Waals surface area contributed by atoms with Gasteiger partial charge in [-0.2, -0.15) is 0 Å². The van der Waals surface area contributed by atoms with E-state index in [9.17, 15) is 5.11 Å². The summed E-state index contributed by atoms with van der Waals surface area (Å²) in [6, 6.07) is 0. The van der Waals surface area contributed by atoms with E-state index in [2.05, 4.69) is 51.5 Å². The second-order valence-corrected chi connectivity index (χ2v) is 13.3. The van der Waals surface area contributed by atoms with E-state index in [-0.39, 0.29) is 11.5 Å². The number of imidazole rings is 1. The molecule has 1 heterocycles. The van der Waals surface area contributed by atoms with Gasteiger partial charge < -0.3 is 10.1 Å². The fraction of sp³-hybridized carbons (Fsp3) is 0.828. The summed E-state index contributed by atoms with van der Waals surface area (Å²) in [5, 5.41) is 10.8. The molecule has 1 aromatic rings. The topological polar surface area (TPSA) is 48.9 Å². The number of aryl methyl sites for hydroxylation is 1. The van der Waals surface area contributed by atoms with Crippen LogP contribution in [0.15, 0.2) is 23.5 Å². The van der Waals surface area contributed by atoms with Gasteiger partial charge in [-0.05, 0) is 97.2 Å². The van der Waals surface area contributed by atoms with Crippen LogP contribution in [0.2, 0.25) is 0 Å². The monoisotopic (exact) mass is 438 g/mol. The van der Waals surface area contributed by atoms with Crippen LogP contribution in [0.3, 0.4) is 0 Å². The highest BCUT2D eigenvalue weighted by Gasteiger charge is 2.63. The van der Waals surface area contributed by atoms with Gasteiger partial charge in [-0.15, -0.1) is 0 Å². The Morgan fingerprint density at radius 3 is 2.53 bits per heavy atom. The first-order valence-corrected chi connectivity index (χ1v) is 13.4. The molecular weight excluding hydrogens is 392 g/mol. The van der Waals surface area contributed by atoms with Crippen LogP contribution in [0, 0.1) is 39.4 Å². The predicted molar refractivity (Wildman–Crippen MR) is 131 cm³/mol. The number of nitrogens with one attached hydrogen (secondary N) is 1. The van der Waals surface area contributed by atoms with Crippen LogP contribution in [-0.4, -0.2) is 21.2 Å². The lowest BCUT2D eigenvalue weighted by Gasteiger charge is -2.62. The molecule has 4 aliphatic carbocycles. The summed E-state index contributed by atoms with van der Waals surface area (Å²) in [4.78, 5) is 7.76. The maximum absolute atomic E-state index is 10.8. The SMILES string of the molecule is C[C@H](CCc1ncc[nH]1)C1CC[C@@]2(C)C3=C(CCC12C)C1(C)CCC(O)C(C)(C)C1CC3. The molecule has 4 aliphatic rings. The minimum atomic E-state index is -0.141. The smallest absolute Gasteiger partial charge is 0.106 e. The average Bonchev–Trinajstić information content (AvgIpc) is 3.35. The third-order valence-electron chi connectivity index (χ3n) is 11.9. The van der Waals surface area contributed by atoms with E-state index in [1.807, 2.05) is 23.5 Å². The number of H-pyrrole nitrogens is 1. The Kier molecular flexibility index (Phi) is 5.29. The van der Waals surface area contributed by atoms with Crippen LogP contribution in [0.25, 0.3) is 0 Å². The van der Waals surface area contributed by atoms with Gasteiger partial charge in [0, 0.05) is 18.8 Å². The third-order valence-corrected chi connectivity index (χ3v) is 11.9. The standard InChI is InChI=1S/C29H46N2O/c1-19(7-10-25-30-17-18-31-25)20-11-15-29(6)22-8-9-23-26(2,3)24(32)13-14-27(23,4)21(22)12-16-28(20,29)5/h17-20,23-24,32H,7-16H2,1-6H3,(H,30,31)/t19-,20?,23?,24?,27?,28?,29+/m1/s1. The molecule has 7 atom stereocenters. The molecule has 3 heteroatoms. The predicted octanol–water partition coefficient (Wildman–Crippen LogP) is 7.09. The van der Waals surface area contributed by atoms with Gasteiger partial charge in [-0.3, -0.25) is 0 Å². The summed E-state index contributed by atoms with van der Waals surface area (Å²) in [7, 11) is 0. The van der Waals surface area contributed by atoms with Crippen molar-refractivity contribution in [2.75, 3.05) is 0 Å². The van der Waals surface area contributed by atoms with Crippen molar-refractivity contribution in [1.82, 2.24) is 9.97 Å². The first kappa shape index (κ1) is 22.7. The van der Waals surface area contributed by atoms with Crippen LogP contribution >= 0.6 is 0 Å². The molecule has 0 spiro atoms. The number of hydrogen-bond donors (Lipinski definition) is 2. The van der Waals surface area contributed by atoms with Crippen molar-refractivity contribution < 1.29 is 5.11 Å². The van der Waals surface area contributed by atoms with Crippen molar-refractivity contribution in [2.24, 2.45) is 39.4 Å². The van der Waals surface area contributed by atoms with E-state index in [1.54, 1.807) is 0 Å². The van der Waals surface area contributed by atoms with E-state index in [1.165, 1.54) is 51.4 Å². The number of hydrogen-bond acceptors (Lipinski definition) is 2. The van der Waals surface area contributed by atoms with E-state index in [0.717, 1.165) is 30.5 Å². The minimum Gasteiger partial charge on any atom is -0.393 e. The molecule has 0 bridgehead atoms. The minimum absolute atomic E-state index is 0.0335. The lowest BCUT2D eigenvalue weighted by atomic mass is 9.43. The van der Waals surface area contributed by atoms with Gasteiger partial charge in [-0.25, -0.2) is 4.98 Å². The van der Waals surface area contributed by atoms with Crippen molar-refractivity contribution >= 4 is 0 Å². The normalized spacial score (nSPS) is 44.0. The number of rotatable bonds is 4. The summed E-state index contributed by atoms with van der Waals surface area (Å²) in [6.07, 6.45) is 16.1. The Hall–Kier alpha value is -1.09. The van der Waals surface area contributed by atoms with Crippen molar-refractivity contribution in [2.45, 2.75) is 112 Å². The van der Waals surface area contributed by atoms with Crippen molar-refractivity contribution in [3.05, 3.63) is 29.4 Å². The molecule has 0 amide bonds. The third kappa shape index (κ3) is 2.98. The number of allylic oxidation sites excluding steroid dienone is 2. The molecule has 0 radical (unpaired) electrons. The lowest BCUT2D eigenvalue weighted by molar-refractivity contribution is -0.0962. The fourth-order valence-corrected chi connectivity index (χ4v) is 9.63. The Morgan fingerprint density at radius 2 is 1.81 bits per heavy atom. The highest BCUT2D eigenvalue weighted by Crippen LogP contribution is 2.72. The summed E-state index contributed by atoms with van der Waals surface area (Å²) in [6.45, 7) is 15.1. The van der Waals surface area contributed by atoms with Crippen molar-refractivity contribution in [3.8, 4) is 0 Å². The summed E-state index contributed by atoms with van der Waals surface area (Å²) in [5.41, 5.74) is 4.80. The molecule has 2 saturated carbocycles. The van der Waals surface area contributed by atoms with Crippen molar-refractivity contribution in [1.29, 1.82) is 0 Å². The molecule has 178 valence electrons. The summed E-state index contributed by atoms with van der Waals surface area (Å²) < 4.78 is 0. The zero-order valence-corrected chi connectivity index (χ0v) is 21.4. The molecule has 3 nitrogen and oxygen atoms in total. The van der Waals surface area contributed by atoms with Gasteiger partial charge in [0.1, 0.15) is 5.82 Å². The zero-order valence-electron chi connectivity index (χ0n) is 21.4. The molecule has 0 aliphatic heterocycles. The summed E-state index contributed by atoms with van der Waals surface area (Å²) in [5.74, 6) is 3.32. The van der Waals surface area contributed by atoms with Crippen LogP contribution in [0.4, 0.5) is 0 Å². The molecule has 2 N–H and O–H groups in total. The number of aliphatic hydroxyl groups is 1. The average molecular weight is 439 g/mol. The second-order valence-electron chi connectivity index (χ2n) is 13.3. The van der Waals surface area contributed by atoms with E-state index in [0.29, 0.717) is 22.2 Å². The Labute approximate surface area is 195 Å². The molecular formula is C29H46N2O. The number of nitrogens with zero attached hydrogens (tertiary/aromatic N) is 1. The van der Waals surface area contributed by atoms with E-state index < -0.39 is 0 Å². The van der Waals surface area contributed by atoms with Crippen LogP contribution in [-0.2, 0) is 6.42 Å². The Balaban J connectivity index is 1.43. The summed E-state index contributed by atoms with van der Waals surface area (Å²) >= 11 is 0. The van der Waals surface area contributed by atoms with E-state index >= 15 is 0 Å². The quantitative estimate of drug-likeness (QED) is 0.493. The number of aromatic nitrogens is 2. The van der Waals surface area contributed by atoms with Gasteiger partial charge in [0.2, 0.25) is 0 Å². The molecule has 0 saturated heterocycles. The van der Waals surface area contributed by atoms with E-state index in [4.69, 9.17) is 0 Å². The van der Waals surface area contributed by atoms with Gasteiger partial charge in [0.25, 0.3) is 0 Å². The van der Waals surface area contributed by atoms with Gasteiger partial charge in [-0.1, -0.05) is 52.7 Å². The second kappa shape index (κ2) is 7.45. The maximum Gasteiger partial charge on any atom is 0.106 e. The van der Waals surface area contributed by atoms with Crippen LogP contribution in [0.5, 0.6) is 0 Å². The number of aliphatic hydroxyl groups excluding tert-OH is 1. The lowest BCUT2D eigenvalue weighted by Crippen LogP contribution is -2.55. The Bertz CT molecular complexity index is 885. The van der Waals surface area contributed by atoms with Crippen molar-refractivity contribution in [3.63, 3.8) is 0 Å². The zero-order chi connectivity index (χ0) is 22.9. The molecule has 32 heavy (non-hydrogen) atoms. The number of aromatic amines is 1. The molecule has 1 aromatic heterocycles. The van der Waals surface area contributed by atoms with Crippen LogP contribution in [0.1, 0.15) is 105 Å². The molecule has 2 fully saturated rings. The molecule has 0 aromatic carbocycles. The highest BCUT2D eigenvalue weighted by atomic mass is 16.3. The number of fused-ring (bicyclic) bond motifs is 4. The van der Waals surface area contributed by atoms with Gasteiger partial charge in [0.05, 0.1) is 6.10 Å². The fourth-order valence-electron chi connectivity index (χ4n) is 9.63. The first-order valence-electron chi connectivity index (χ1n) is 13.4. The van der Waals surface area contributed by atoms with Gasteiger partial charge in [0.15, 0.2) is 0 Å². The molecule has 5 unspecified atom stereocenters. The largest absolute Gasteiger partial charge is 0.393 e. The molecule has 5 rings (SSSR count). The van der Waals surface area contributed by atoms with Crippen LogP contribution < -0.4 is 0 Å². The van der Waals surface area contributed by atoms with Gasteiger partial charge >= 0.3 is 0 Å². The maximum atomic E-state index is 10.8.